The molecule has 0 aromatic heterocycles. The van der Waals surface area contributed by atoms with Crippen LogP contribution in [0.1, 0.15) is 26.2 Å². The molecule has 2 heteroatoms. The van der Waals surface area contributed by atoms with Gasteiger partial charge in [-0.15, -0.1) is 0 Å². The van der Waals surface area contributed by atoms with Gasteiger partial charge in [-0.2, -0.15) is 0 Å². The zero-order valence-corrected chi connectivity index (χ0v) is 7.80. The molecule has 0 radical (unpaired) electrons. The van der Waals surface area contributed by atoms with Crippen LogP contribution in [0.5, 0.6) is 0 Å². The summed E-state index contributed by atoms with van der Waals surface area (Å²) >= 11 is 0. The smallest absolute Gasteiger partial charge is 0.102 e. The Bertz CT molecular complexity index is 138. The predicted molar refractivity (Wildman–Crippen MR) is 50.8 cm³/mol. The van der Waals surface area contributed by atoms with E-state index in [0.717, 1.165) is 12.3 Å². The molecule has 0 heterocycles. The molecule has 0 aliphatic rings. The first-order chi connectivity index (χ1) is 5.26. The third-order valence-corrected chi connectivity index (χ3v) is 1.69. The number of rotatable bonds is 4. The quantitative estimate of drug-likeness (QED) is 0.448. The van der Waals surface area contributed by atoms with Crippen LogP contribution in [-0.4, -0.2) is 24.8 Å². The van der Waals surface area contributed by atoms with Crippen LogP contribution in [-0.2, 0) is 0 Å². The first-order valence-electron chi connectivity index (χ1n) is 4.07. The van der Waals surface area contributed by atoms with Crippen LogP contribution in [0.25, 0.3) is 0 Å². The summed E-state index contributed by atoms with van der Waals surface area (Å²) in [5, 5.41) is 0. The maximum atomic E-state index is 4.17. The molecule has 0 atom stereocenters. The van der Waals surface area contributed by atoms with E-state index in [4.69, 9.17) is 0 Å². The summed E-state index contributed by atoms with van der Waals surface area (Å²) in [6, 6.07) is 0. The Balaban J connectivity index is 3.86. The Morgan fingerprint density at radius 1 is 1.64 bits per heavy atom. The van der Waals surface area contributed by atoms with Gasteiger partial charge < -0.3 is 4.90 Å². The molecule has 0 bridgehead atoms. The standard InChI is InChI=1S/C9H18N2/c1-5-7-8-9(10-3)11(4)6-2/h6H,2,5,7-8H2,1,3-4H3. The molecule has 0 fully saturated rings. The number of hydrogen-bond donors (Lipinski definition) is 0. The fraction of sp³-hybridized carbons (Fsp3) is 0.667. The molecule has 2 nitrogen and oxygen atoms in total. The second-order valence-corrected chi connectivity index (χ2v) is 2.54. The maximum Gasteiger partial charge on any atom is 0.102 e. The van der Waals surface area contributed by atoms with Gasteiger partial charge in [-0.1, -0.05) is 19.9 Å². The SMILES string of the molecule is C=CN(C)C(CCCC)=NC. The van der Waals surface area contributed by atoms with Crippen LogP contribution >= 0.6 is 0 Å². The molecular formula is C9H18N2. The topological polar surface area (TPSA) is 15.6 Å². The van der Waals surface area contributed by atoms with Crippen LogP contribution in [0.15, 0.2) is 17.8 Å². The van der Waals surface area contributed by atoms with E-state index in [-0.39, 0.29) is 0 Å². The van der Waals surface area contributed by atoms with Crippen molar-refractivity contribution in [2.75, 3.05) is 14.1 Å². The van der Waals surface area contributed by atoms with Crippen LogP contribution in [0.4, 0.5) is 0 Å². The molecule has 0 saturated carbocycles. The van der Waals surface area contributed by atoms with Crippen molar-refractivity contribution in [1.29, 1.82) is 0 Å². The molecule has 0 spiro atoms. The van der Waals surface area contributed by atoms with E-state index in [1.54, 1.807) is 6.20 Å². The summed E-state index contributed by atoms with van der Waals surface area (Å²) < 4.78 is 0. The molecular weight excluding hydrogens is 136 g/mol. The number of hydrogen-bond acceptors (Lipinski definition) is 1. The minimum atomic E-state index is 1.05. The van der Waals surface area contributed by atoms with Gasteiger partial charge in [-0.3, -0.25) is 4.99 Å². The first-order valence-corrected chi connectivity index (χ1v) is 4.07. The number of aliphatic imine (C=N–C) groups is 1. The zero-order chi connectivity index (χ0) is 8.69. The highest BCUT2D eigenvalue weighted by molar-refractivity contribution is 5.82. The third-order valence-electron chi connectivity index (χ3n) is 1.69. The lowest BCUT2D eigenvalue weighted by molar-refractivity contribution is 0.649. The predicted octanol–water partition coefficient (Wildman–Crippen LogP) is 2.28. The van der Waals surface area contributed by atoms with E-state index >= 15 is 0 Å². The largest absolute Gasteiger partial charge is 0.340 e. The molecule has 0 unspecified atom stereocenters. The highest BCUT2D eigenvalue weighted by atomic mass is 15.1. The van der Waals surface area contributed by atoms with Gasteiger partial charge in [0.1, 0.15) is 5.84 Å². The second-order valence-electron chi connectivity index (χ2n) is 2.54. The van der Waals surface area contributed by atoms with Crippen molar-refractivity contribution < 1.29 is 0 Å². The Kier molecular flexibility index (Phi) is 5.53. The average molecular weight is 154 g/mol. The molecule has 64 valence electrons. The lowest BCUT2D eigenvalue weighted by Crippen LogP contribution is -2.20. The molecule has 0 amide bonds. The molecule has 0 N–H and O–H groups in total. The van der Waals surface area contributed by atoms with Crippen molar-refractivity contribution in [3.63, 3.8) is 0 Å². The van der Waals surface area contributed by atoms with Gasteiger partial charge in [0, 0.05) is 20.5 Å². The highest BCUT2D eigenvalue weighted by Gasteiger charge is 1.99. The van der Waals surface area contributed by atoms with E-state index in [2.05, 4.69) is 18.5 Å². The highest BCUT2D eigenvalue weighted by Crippen LogP contribution is 2.00. The Hall–Kier alpha value is -0.790. The van der Waals surface area contributed by atoms with E-state index in [1.807, 2.05) is 19.0 Å². The van der Waals surface area contributed by atoms with Crippen molar-refractivity contribution >= 4 is 5.84 Å². The van der Waals surface area contributed by atoms with Gasteiger partial charge in [-0.25, -0.2) is 0 Å². The molecule has 0 aromatic carbocycles. The van der Waals surface area contributed by atoms with Gasteiger partial charge in [0.15, 0.2) is 0 Å². The fourth-order valence-electron chi connectivity index (χ4n) is 0.886. The Morgan fingerprint density at radius 3 is 2.64 bits per heavy atom. The Labute approximate surface area is 69.6 Å². The molecule has 11 heavy (non-hydrogen) atoms. The van der Waals surface area contributed by atoms with Crippen molar-refractivity contribution in [1.82, 2.24) is 4.90 Å². The summed E-state index contributed by atoms with van der Waals surface area (Å²) in [5.41, 5.74) is 0. The minimum absolute atomic E-state index is 1.05. The first kappa shape index (κ1) is 10.2. The molecule has 0 aliphatic carbocycles. The summed E-state index contributed by atoms with van der Waals surface area (Å²) in [4.78, 5) is 6.14. The summed E-state index contributed by atoms with van der Waals surface area (Å²) in [6.45, 7) is 5.86. The summed E-state index contributed by atoms with van der Waals surface area (Å²) in [5.74, 6) is 1.11. The second kappa shape index (κ2) is 5.96. The van der Waals surface area contributed by atoms with Crippen LogP contribution in [0, 0.1) is 0 Å². The maximum absolute atomic E-state index is 4.17. The number of nitrogens with zero attached hydrogens (tertiary/aromatic N) is 2. The third kappa shape index (κ3) is 3.81. The van der Waals surface area contributed by atoms with Crippen LogP contribution < -0.4 is 0 Å². The Morgan fingerprint density at radius 2 is 2.27 bits per heavy atom. The molecule has 0 rings (SSSR count). The van der Waals surface area contributed by atoms with Crippen molar-refractivity contribution in [2.45, 2.75) is 26.2 Å². The van der Waals surface area contributed by atoms with E-state index in [1.165, 1.54) is 12.8 Å². The number of unbranched alkanes of at least 4 members (excludes halogenated alkanes) is 1. The summed E-state index contributed by atoms with van der Waals surface area (Å²) in [7, 11) is 3.80. The van der Waals surface area contributed by atoms with E-state index < -0.39 is 0 Å². The van der Waals surface area contributed by atoms with Crippen LogP contribution in [0.3, 0.4) is 0 Å². The summed E-state index contributed by atoms with van der Waals surface area (Å²) in [6.07, 6.45) is 5.25. The van der Waals surface area contributed by atoms with Gasteiger partial charge in [0.05, 0.1) is 0 Å². The van der Waals surface area contributed by atoms with Gasteiger partial charge in [0.25, 0.3) is 0 Å². The average Bonchev–Trinajstić information content (AvgIpc) is 2.05. The molecule has 0 aliphatic heterocycles. The van der Waals surface area contributed by atoms with E-state index in [9.17, 15) is 0 Å². The lowest BCUT2D eigenvalue weighted by atomic mass is 10.2. The lowest BCUT2D eigenvalue weighted by Gasteiger charge is -2.15. The van der Waals surface area contributed by atoms with Crippen molar-refractivity contribution in [3.05, 3.63) is 12.8 Å². The van der Waals surface area contributed by atoms with Crippen molar-refractivity contribution in [2.24, 2.45) is 4.99 Å². The van der Waals surface area contributed by atoms with E-state index in [0.29, 0.717) is 0 Å². The van der Waals surface area contributed by atoms with Crippen LogP contribution in [0.2, 0.25) is 0 Å². The van der Waals surface area contributed by atoms with Crippen molar-refractivity contribution in [3.8, 4) is 0 Å². The molecule has 0 saturated heterocycles. The monoisotopic (exact) mass is 154 g/mol. The minimum Gasteiger partial charge on any atom is -0.340 e. The normalized spacial score (nSPS) is 11.4. The fourth-order valence-corrected chi connectivity index (χ4v) is 0.886. The van der Waals surface area contributed by atoms with Gasteiger partial charge >= 0.3 is 0 Å². The van der Waals surface area contributed by atoms with Gasteiger partial charge in [0.2, 0.25) is 0 Å². The van der Waals surface area contributed by atoms with Gasteiger partial charge in [-0.05, 0) is 12.6 Å². The number of amidine groups is 1. The zero-order valence-electron chi connectivity index (χ0n) is 7.80. The molecule has 0 aromatic rings.